The molecule has 376 valence electrons. The Hall–Kier alpha value is -6.01. The molecule has 1 unspecified atom stereocenters. The van der Waals surface area contributed by atoms with Crippen molar-refractivity contribution in [2.45, 2.75) is 69.4 Å². The number of anilines is 6. The summed E-state index contributed by atoms with van der Waals surface area (Å²) in [5.74, 6) is 0.810. The van der Waals surface area contributed by atoms with E-state index in [0.29, 0.717) is 67.3 Å². The largest absolute Gasteiger partial charge is 0.494 e. The number of fused-ring (bicyclic) bond motifs is 2. The highest BCUT2D eigenvalue weighted by Gasteiger charge is 2.45. The number of nitrogens with zero attached hydrogens (tertiary/aromatic N) is 9. The quantitative estimate of drug-likeness (QED) is 0.0830. The molecular weight excluding hydrogens is 1000 g/mol. The van der Waals surface area contributed by atoms with Gasteiger partial charge in [0.25, 0.3) is 11.8 Å². The van der Waals surface area contributed by atoms with E-state index < -0.39 is 30.9 Å². The monoisotopic (exact) mass is 1060 g/mol. The van der Waals surface area contributed by atoms with Crippen LogP contribution in [0.2, 0.25) is 0 Å². The van der Waals surface area contributed by atoms with Gasteiger partial charge in [-0.15, -0.1) is 0 Å². The summed E-state index contributed by atoms with van der Waals surface area (Å²) in [6.07, 6.45) is 11.8. The summed E-state index contributed by atoms with van der Waals surface area (Å²) in [7, 11) is -1.08. The summed E-state index contributed by atoms with van der Waals surface area (Å²) in [6, 6.07) is 13.2. The summed E-state index contributed by atoms with van der Waals surface area (Å²) in [4.78, 5) is 80.5. The lowest BCUT2D eigenvalue weighted by atomic mass is 9.95. The van der Waals surface area contributed by atoms with Gasteiger partial charge in [0.15, 0.2) is 0 Å². The first-order chi connectivity index (χ1) is 34.8. The standard InChI is InChI=1S/C52H60BrN12O6P/c1-71-44-28-43(36(32-4-5-32)27-41(44)58-52-56-29-38(53)48(60-52)57-40-9-8-39-46(55-17-16-54-39)47(40)72(2,3)70)64-20-14-33(15-21-64)63-24-22-61(23-25-63)30-31-12-18-62(19-13-31)34-6-7-35-37(26-34)51(69)65(50(35)68)42-10-11-45(66)59-49(42)67/h6-9,16-17,26-29,31-33,42H,4-5,10-15,18-25,30H2,1-3H3,(H,59,66,67)(H2,56,57,58,60). The molecule has 72 heavy (non-hydrogen) atoms. The van der Waals surface area contributed by atoms with E-state index >= 15 is 0 Å². The lowest BCUT2D eigenvalue weighted by Gasteiger charge is -2.44. The minimum Gasteiger partial charge on any atom is -0.494 e. The fraction of sp³-hybridized carbons (Fsp3) is 0.462. The molecule has 0 spiro atoms. The third-order valence-corrected chi connectivity index (χ3v) is 17.5. The van der Waals surface area contributed by atoms with Crippen LogP contribution in [0, 0.1) is 5.92 Å². The fourth-order valence-electron chi connectivity index (χ4n) is 11.5. The van der Waals surface area contributed by atoms with Crippen LogP contribution in [0.1, 0.15) is 83.6 Å². The van der Waals surface area contributed by atoms with Crippen LogP contribution in [0.25, 0.3) is 11.0 Å². The Morgan fingerprint density at radius 1 is 0.778 bits per heavy atom. The average molecular weight is 1060 g/mol. The summed E-state index contributed by atoms with van der Waals surface area (Å²) in [6.45, 7) is 12.6. The summed E-state index contributed by atoms with van der Waals surface area (Å²) in [5.41, 5.74) is 6.87. The lowest BCUT2D eigenvalue weighted by molar-refractivity contribution is -0.136. The number of piperazine rings is 1. The van der Waals surface area contributed by atoms with Gasteiger partial charge < -0.3 is 34.6 Å². The minimum absolute atomic E-state index is 0.0986. The number of amides is 4. The first kappa shape index (κ1) is 48.3. The van der Waals surface area contributed by atoms with Crippen LogP contribution in [-0.2, 0) is 14.2 Å². The molecule has 5 fully saturated rings. The van der Waals surface area contributed by atoms with Crippen molar-refractivity contribution in [1.82, 2.24) is 40.0 Å². The minimum atomic E-state index is -2.78. The zero-order valence-electron chi connectivity index (χ0n) is 40.9. The van der Waals surface area contributed by atoms with Gasteiger partial charge in [-0.3, -0.25) is 44.3 Å². The number of nitrogens with one attached hydrogen (secondary N) is 3. The molecule has 2 aromatic heterocycles. The van der Waals surface area contributed by atoms with E-state index in [2.05, 4.69) is 78.6 Å². The van der Waals surface area contributed by atoms with Gasteiger partial charge in [0.1, 0.15) is 30.3 Å². The average Bonchev–Trinajstić information content (AvgIpc) is 4.20. The first-order valence-electron chi connectivity index (χ1n) is 25.2. The molecule has 1 atom stereocenters. The second-order valence-corrected chi connectivity index (χ2v) is 24.4. The number of carbonyl (C=O) groups excluding carboxylic acids is 4. The van der Waals surface area contributed by atoms with Crippen molar-refractivity contribution in [3.63, 3.8) is 0 Å². The van der Waals surface area contributed by atoms with Crippen LogP contribution >= 0.6 is 23.1 Å². The zero-order valence-corrected chi connectivity index (χ0v) is 43.4. The number of benzene rings is 3. The molecule has 3 N–H and O–H groups in total. The zero-order chi connectivity index (χ0) is 49.8. The van der Waals surface area contributed by atoms with E-state index in [9.17, 15) is 23.7 Å². The van der Waals surface area contributed by atoms with Crippen molar-refractivity contribution in [1.29, 1.82) is 0 Å². The second-order valence-electron chi connectivity index (χ2n) is 20.4. The number of hydrogen-bond acceptors (Lipinski definition) is 16. The Morgan fingerprint density at radius 2 is 1.51 bits per heavy atom. The maximum atomic E-state index is 13.6. The molecule has 1 saturated carbocycles. The van der Waals surface area contributed by atoms with E-state index in [1.54, 1.807) is 51.2 Å². The topological polar surface area (TPSA) is 198 Å². The maximum absolute atomic E-state index is 13.6. The highest BCUT2D eigenvalue weighted by molar-refractivity contribution is 9.10. The number of hydrogen-bond donors (Lipinski definition) is 3. The molecule has 3 aromatic carbocycles. The Morgan fingerprint density at radius 3 is 2.24 bits per heavy atom. The number of ether oxygens (including phenoxy) is 1. The van der Waals surface area contributed by atoms with Crippen LogP contribution in [0.4, 0.5) is 34.5 Å². The lowest BCUT2D eigenvalue weighted by Crippen LogP contribution is -2.54. The fourth-order valence-corrected chi connectivity index (χ4v) is 13.1. The van der Waals surface area contributed by atoms with Crippen LogP contribution in [0.3, 0.4) is 0 Å². The number of aromatic nitrogens is 4. The second kappa shape index (κ2) is 19.8. The van der Waals surface area contributed by atoms with E-state index in [1.807, 2.05) is 18.2 Å². The molecule has 18 nitrogen and oxygen atoms in total. The third-order valence-electron chi connectivity index (χ3n) is 15.4. The van der Waals surface area contributed by atoms with Gasteiger partial charge >= 0.3 is 0 Å². The SMILES string of the molecule is COc1cc(N2CCC(N3CCN(CC4CCN(c5ccc6c(c5)C(=O)N(C5CCC(=O)NC5=O)C6=O)CC4)CC3)CC2)c(C2CC2)cc1Nc1ncc(Br)c(Nc2ccc3nccnc3c2P(C)(C)=O)n1. The van der Waals surface area contributed by atoms with Crippen molar-refractivity contribution in [2.24, 2.45) is 5.92 Å². The van der Waals surface area contributed by atoms with E-state index in [0.717, 1.165) is 119 Å². The Kier molecular flexibility index (Phi) is 13.3. The number of methoxy groups -OCH3 is 1. The van der Waals surface area contributed by atoms with Gasteiger partial charge in [-0.25, -0.2) is 4.98 Å². The van der Waals surface area contributed by atoms with Crippen LogP contribution < -0.4 is 35.8 Å². The van der Waals surface area contributed by atoms with Crippen molar-refractivity contribution < 1.29 is 28.5 Å². The molecule has 4 amide bonds. The summed E-state index contributed by atoms with van der Waals surface area (Å²) >= 11 is 3.62. The molecule has 5 aromatic rings. The maximum Gasteiger partial charge on any atom is 0.262 e. The van der Waals surface area contributed by atoms with E-state index in [4.69, 9.17) is 9.72 Å². The number of carbonyl (C=O) groups is 4. The molecule has 11 rings (SSSR count). The predicted octanol–water partition coefficient (Wildman–Crippen LogP) is 6.71. The smallest absolute Gasteiger partial charge is 0.262 e. The van der Waals surface area contributed by atoms with Gasteiger partial charge in [0.2, 0.25) is 17.8 Å². The molecule has 6 aliphatic rings. The molecule has 20 heteroatoms. The van der Waals surface area contributed by atoms with E-state index in [-0.39, 0.29) is 18.7 Å². The van der Waals surface area contributed by atoms with Crippen LogP contribution in [0.15, 0.2) is 65.5 Å². The van der Waals surface area contributed by atoms with Crippen molar-refractivity contribution in [3.05, 3.63) is 82.2 Å². The number of piperidine rings is 3. The summed E-state index contributed by atoms with van der Waals surface area (Å²) < 4.78 is 20.3. The van der Waals surface area contributed by atoms with Gasteiger partial charge in [-0.05, 0) is 128 Å². The molecular formula is C52H60BrN12O6P. The molecule has 4 saturated heterocycles. The van der Waals surface area contributed by atoms with Gasteiger partial charge in [0.05, 0.1) is 44.9 Å². The Bertz CT molecular complexity index is 3020. The van der Waals surface area contributed by atoms with Gasteiger partial charge in [-0.1, -0.05) is 0 Å². The number of rotatable bonds is 13. The Balaban J connectivity index is 0.674. The normalized spacial score (nSPS) is 20.8. The van der Waals surface area contributed by atoms with Gasteiger partial charge in [0, 0.05) is 107 Å². The molecule has 0 bridgehead atoms. The van der Waals surface area contributed by atoms with Crippen molar-refractivity contribution in [3.8, 4) is 5.75 Å². The molecule has 0 radical (unpaired) electrons. The number of imide groups is 2. The summed E-state index contributed by atoms with van der Waals surface area (Å²) in [5, 5.41) is 9.75. The first-order valence-corrected chi connectivity index (χ1v) is 28.6. The molecule has 7 heterocycles. The third kappa shape index (κ3) is 9.68. The van der Waals surface area contributed by atoms with Crippen LogP contribution in [0.5, 0.6) is 5.75 Å². The number of halogens is 1. The van der Waals surface area contributed by atoms with Crippen molar-refractivity contribution >= 4 is 97.6 Å². The molecule has 1 aliphatic carbocycles. The van der Waals surface area contributed by atoms with E-state index in [1.165, 1.54) is 11.3 Å². The highest BCUT2D eigenvalue weighted by atomic mass is 79.9. The van der Waals surface area contributed by atoms with Crippen molar-refractivity contribution in [2.75, 3.05) is 99.8 Å². The van der Waals surface area contributed by atoms with Crippen LogP contribution in [-0.4, -0.2) is 150 Å². The Labute approximate surface area is 427 Å². The molecule has 5 aliphatic heterocycles. The predicted molar refractivity (Wildman–Crippen MR) is 281 cm³/mol. The highest BCUT2D eigenvalue weighted by Crippen LogP contribution is 2.49. The van der Waals surface area contributed by atoms with Gasteiger partial charge in [-0.2, -0.15) is 4.98 Å².